The smallest absolute Gasteiger partial charge is 0.408 e. The number of nitrogens with one attached hydrogen (secondary N) is 1. The van der Waals surface area contributed by atoms with Crippen molar-refractivity contribution in [3.8, 4) is 0 Å². The van der Waals surface area contributed by atoms with Gasteiger partial charge in [-0.3, -0.25) is 0 Å². The number of aliphatic hydroxyl groups is 1. The van der Waals surface area contributed by atoms with Crippen LogP contribution in [0.15, 0.2) is 60.7 Å². The fourth-order valence-corrected chi connectivity index (χ4v) is 2.93. The number of esters is 1. The van der Waals surface area contributed by atoms with Gasteiger partial charge in [0.25, 0.3) is 0 Å². The second-order valence-corrected chi connectivity index (χ2v) is 7.95. The summed E-state index contributed by atoms with van der Waals surface area (Å²) in [6, 6.07) is 17.1. The number of carbonyl (C=O) groups excluding carboxylic acids is 2. The Hall–Kier alpha value is -2.86. The Kier molecular flexibility index (Phi) is 7.03. The first-order valence-corrected chi connectivity index (χ1v) is 9.57. The molecule has 1 amide bonds. The van der Waals surface area contributed by atoms with Gasteiger partial charge in [-0.15, -0.1) is 0 Å². The summed E-state index contributed by atoms with van der Waals surface area (Å²) < 4.78 is 10.7. The predicted molar refractivity (Wildman–Crippen MR) is 110 cm³/mol. The zero-order valence-electron chi connectivity index (χ0n) is 17.5. The SMILES string of the molecule is C[C@H](NC(=O)OC(C)(C)C)C(=O)O[C@@H](C)C(O)(c1ccccc1)c1ccccc1. The molecule has 6 heteroatoms. The Balaban J connectivity index is 2.19. The third-order valence-corrected chi connectivity index (χ3v) is 4.40. The average Bonchev–Trinajstić information content (AvgIpc) is 2.67. The number of carbonyl (C=O) groups is 2. The quantitative estimate of drug-likeness (QED) is 0.723. The van der Waals surface area contributed by atoms with E-state index in [1.54, 1.807) is 52.0 Å². The highest BCUT2D eigenvalue weighted by atomic mass is 16.6. The molecular formula is C23H29NO5. The Morgan fingerprint density at radius 1 is 0.897 bits per heavy atom. The number of rotatable bonds is 6. The zero-order valence-corrected chi connectivity index (χ0v) is 17.5. The van der Waals surface area contributed by atoms with Crippen molar-refractivity contribution < 1.29 is 24.2 Å². The van der Waals surface area contributed by atoms with Gasteiger partial charge in [0, 0.05) is 0 Å². The van der Waals surface area contributed by atoms with E-state index in [2.05, 4.69) is 5.32 Å². The van der Waals surface area contributed by atoms with Gasteiger partial charge >= 0.3 is 12.1 Å². The molecule has 2 N–H and O–H groups in total. The molecule has 2 aromatic rings. The lowest BCUT2D eigenvalue weighted by Crippen LogP contribution is -2.47. The lowest BCUT2D eigenvalue weighted by atomic mass is 9.82. The molecule has 0 bridgehead atoms. The highest BCUT2D eigenvalue weighted by molar-refractivity contribution is 5.81. The second kappa shape index (κ2) is 9.09. The van der Waals surface area contributed by atoms with Crippen LogP contribution in [0.25, 0.3) is 0 Å². The summed E-state index contributed by atoms with van der Waals surface area (Å²) in [5, 5.41) is 14.1. The van der Waals surface area contributed by atoms with Crippen LogP contribution < -0.4 is 5.32 Å². The molecule has 0 fully saturated rings. The van der Waals surface area contributed by atoms with Crippen molar-refractivity contribution in [3.63, 3.8) is 0 Å². The summed E-state index contributed by atoms with van der Waals surface area (Å²) in [5.74, 6) is -0.673. The molecule has 0 unspecified atom stereocenters. The second-order valence-electron chi connectivity index (χ2n) is 7.95. The molecule has 0 aromatic heterocycles. The van der Waals surface area contributed by atoms with E-state index in [0.717, 1.165) is 0 Å². The first kappa shape index (κ1) is 22.4. The molecule has 0 saturated carbocycles. The summed E-state index contributed by atoms with van der Waals surface area (Å²) in [6.07, 6.45) is -1.63. The largest absolute Gasteiger partial charge is 0.457 e. The fraction of sp³-hybridized carbons (Fsp3) is 0.391. The maximum Gasteiger partial charge on any atom is 0.408 e. The molecule has 2 rings (SSSR count). The highest BCUT2D eigenvalue weighted by Crippen LogP contribution is 2.34. The van der Waals surface area contributed by atoms with Gasteiger partial charge < -0.3 is 19.9 Å². The van der Waals surface area contributed by atoms with Gasteiger partial charge in [-0.1, -0.05) is 60.7 Å². The van der Waals surface area contributed by atoms with Crippen LogP contribution in [0.5, 0.6) is 0 Å². The van der Waals surface area contributed by atoms with Gasteiger partial charge in [-0.25, -0.2) is 9.59 Å². The van der Waals surface area contributed by atoms with Crippen molar-refractivity contribution in [1.82, 2.24) is 5.32 Å². The number of ether oxygens (including phenoxy) is 2. The van der Waals surface area contributed by atoms with Gasteiger partial charge in [0.1, 0.15) is 17.7 Å². The van der Waals surface area contributed by atoms with Crippen molar-refractivity contribution in [3.05, 3.63) is 71.8 Å². The van der Waals surface area contributed by atoms with Crippen molar-refractivity contribution in [2.24, 2.45) is 0 Å². The van der Waals surface area contributed by atoms with Crippen molar-refractivity contribution in [1.29, 1.82) is 0 Å². The molecule has 2 atom stereocenters. The first-order valence-electron chi connectivity index (χ1n) is 9.57. The van der Waals surface area contributed by atoms with Crippen LogP contribution in [0.3, 0.4) is 0 Å². The van der Waals surface area contributed by atoms with Crippen LogP contribution in [0.4, 0.5) is 4.79 Å². The van der Waals surface area contributed by atoms with Crippen LogP contribution in [0.1, 0.15) is 45.7 Å². The first-order chi connectivity index (χ1) is 13.5. The molecule has 0 spiro atoms. The van der Waals surface area contributed by atoms with E-state index in [0.29, 0.717) is 11.1 Å². The van der Waals surface area contributed by atoms with Crippen LogP contribution >= 0.6 is 0 Å². The van der Waals surface area contributed by atoms with Crippen molar-refractivity contribution in [2.45, 2.75) is 58.0 Å². The summed E-state index contributed by atoms with van der Waals surface area (Å²) in [5.41, 5.74) is -1.04. The van der Waals surface area contributed by atoms with E-state index in [1.165, 1.54) is 6.92 Å². The lowest BCUT2D eigenvalue weighted by Gasteiger charge is -2.35. The zero-order chi connectivity index (χ0) is 21.7. The van der Waals surface area contributed by atoms with Gasteiger partial charge in [-0.2, -0.15) is 0 Å². The third-order valence-electron chi connectivity index (χ3n) is 4.40. The van der Waals surface area contributed by atoms with Gasteiger partial charge in [0.2, 0.25) is 0 Å². The van der Waals surface area contributed by atoms with E-state index in [1.807, 2.05) is 36.4 Å². The minimum Gasteiger partial charge on any atom is -0.457 e. The summed E-state index contributed by atoms with van der Waals surface area (Å²) in [7, 11) is 0. The molecule has 0 aliphatic rings. The monoisotopic (exact) mass is 399 g/mol. The minimum absolute atomic E-state index is 0.597. The molecule has 0 aliphatic carbocycles. The Morgan fingerprint density at radius 3 is 1.76 bits per heavy atom. The van der Waals surface area contributed by atoms with E-state index in [-0.39, 0.29) is 0 Å². The maximum atomic E-state index is 12.6. The van der Waals surface area contributed by atoms with Crippen LogP contribution in [-0.2, 0) is 19.9 Å². The van der Waals surface area contributed by atoms with Gasteiger partial charge in [0.05, 0.1) is 0 Å². The standard InChI is InChI=1S/C23H29NO5/c1-16(24-21(26)29-22(3,4)5)20(25)28-17(2)23(27,18-12-8-6-9-13-18)19-14-10-7-11-15-19/h6-17,27H,1-5H3,(H,24,26)/t16-,17-/m0/s1. The van der Waals surface area contributed by atoms with Gasteiger partial charge in [-0.05, 0) is 45.7 Å². The highest BCUT2D eigenvalue weighted by Gasteiger charge is 2.40. The lowest BCUT2D eigenvalue weighted by molar-refractivity contribution is -0.162. The van der Waals surface area contributed by atoms with Crippen LogP contribution in [0.2, 0.25) is 0 Å². The topological polar surface area (TPSA) is 84.9 Å². The van der Waals surface area contributed by atoms with E-state index in [9.17, 15) is 14.7 Å². The van der Waals surface area contributed by atoms with Crippen molar-refractivity contribution >= 4 is 12.1 Å². The fourth-order valence-electron chi connectivity index (χ4n) is 2.93. The Morgan fingerprint density at radius 2 is 1.34 bits per heavy atom. The van der Waals surface area contributed by atoms with E-state index >= 15 is 0 Å². The van der Waals surface area contributed by atoms with Gasteiger partial charge in [0.15, 0.2) is 5.60 Å². The summed E-state index contributed by atoms with van der Waals surface area (Å²) in [4.78, 5) is 24.5. The van der Waals surface area contributed by atoms with Crippen LogP contribution in [0, 0.1) is 0 Å². The molecular weight excluding hydrogens is 370 g/mol. The molecule has 0 heterocycles. The predicted octanol–water partition coefficient (Wildman–Crippen LogP) is 3.77. The Labute approximate surface area is 171 Å². The summed E-state index contributed by atoms with van der Waals surface area (Å²) >= 11 is 0. The molecule has 0 radical (unpaired) electrons. The maximum absolute atomic E-state index is 12.6. The molecule has 6 nitrogen and oxygen atoms in total. The number of benzene rings is 2. The van der Waals surface area contributed by atoms with Crippen molar-refractivity contribution in [2.75, 3.05) is 0 Å². The molecule has 156 valence electrons. The number of hydrogen-bond donors (Lipinski definition) is 2. The molecule has 0 aliphatic heterocycles. The normalized spacial score (nSPS) is 13.9. The summed E-state index contributed by atoms with van der Waals surface area (Å²) in [6.45, 7) is 8.33. The number of amides is 1. The minimum atomic E-state index is -1.55. The number of hydrogen-bond acceptors (Lipinski definition) is 5. The number of alkyl carbamates (subject to hydrolysis) is 1. The average molecular weight is 399 g/mol. The molecule has 29 heavy (non-hydrogen) atoms. The Bertz CT molecular complexity index is 775. The molecule has 2 aromatic carbocycles. The van der Waals surface area contributed by atoms with E-state index < -0.39 is 35.4 Å². The van der Waals surface area contributed by atoms with E-state index in [4.69, 9.17) is 9.47 Å². The molecule has 0 saturated heterocycles. The third kappa shape index (κ3) is 5.81. The van der Waals surface area contributed by atoms with Crippen LogP contribution in [-0.4, -0.2) is 34.9 Å².